The predicted octanol–water partition coefficient (Wildman–Crippen LogP) is 6.31. The summed E-state index contributed by atoms with van der Waals surface area (Å²) < 4.78 is 5.93. The molecule has 0 atom stereocenters. The number of ether oxygens (including phenoxy) is 1. The zero-order valence-electron chi connectivity index (χ0n) is 23.5. The molecule has 1 heterocycles. The molecule has 5 aliphatic rings. The molecule has 0 spiro atoms. The van der Waals surface area contributed by atoms with Crippen molar-refractivity contribution in [1.82, 2.24) is 5.32 Å². The van der Waals surface area contributed by atoms with Gasteiger partial charge in [0.05, 0.1) is 10.6 Å². The van der Waals surface area contributed by atoms with Crippen LogP contribution in [0.3, 0.4) is 0 Å². The van der Waals surface area contributed by atoms with Crippen LogP contribution in [0.25, 0.3) is 6.08 Å². The Morgan fingerprint density at radius 1 is 0.907 bits per heavy atom. The van der Waals surface area contributed by atoms with Crippen molar-refractivity contribution in [3.05, 3.63) is 105 Å². The van der Waals surface area contributed by atoms with Gasteiger partial charge in [-0.15, -0.1) is 0 Å². The lowest BCUT2D eigenvalue weighted by Gasteiger charge is -2.57. The third kappa shape index (κ3) is 4.98. The molecule has 3 aromatic rings. The van der Waals surface area contributed by atoms with Crippen LogP contribution in [0.2, 0.25) is 0 Å². The molecule has 3 aromatic carbocycles. The maximum absolute atomic E-state index is 13.6. The van der Waals surface area contributed by atoms with Crippen LogP contribution in [-0.2, 0) is 21.6 Å². The van der Waals surface area contributed by atoms with E-state index in [4.69, 9.17) is 4.74 Å². The molecule has 1 saturated heterocycles. The highest BCUT2D eigenvalue weighted by molar-refractivity contribution is 6.39. The number of amides is 4. The fourth-order valence-electron chi connectivity index (χ4n) is 8.13. The molecular weight excluding hydrogens is 546 g/mol. The molecule has 218 valence electrons. The van der Waals surface area contributed by atoms with Crippen LogP contribution in [-0.4, -0.2) is 22.8 Å². The molecule has 5 fully saturated rings. The number of nitrogens with zero attached hydrogens (tertiary/aromatic N) is 2. The van der Waals surface area contributed by atoms with Crippen molar-refractivity contribution >= 4 is 35.3 Å². The van der Waals surface area contributed by atoms with E-state index in [1.807, 2.05) is 12.1 Å². The van der Waals surface area contributed by atoms with E-state index in [2.05, 4.69) is 17.4 Å². The molecule has 4 amide bonds. The molecule has 0 aromatic heterocycles. The van der Waals surface area contributed by atoms with E-state index in [0.717, 1.165) is 22.7 Å². The van der Waals surface area contributed by atoms with E-state index in [1.54, 1.807) is 36.4 Å². The maximum atomic E-state index is 13.6. The zero-order chi connectivity index (χ0) is 29.7. The Labute approximate surface area is 248 Å². The van der Waals surface area contributed by atoms with Crippen molar-refractivity contribution in [3.8, 4) is 5.75 Å². The number of anilines is 1. The lowest BCUT2D eigenvalue weighted by atomic mass is 9.48. The van der Waals surface area contributed by atoms with Gasteiger partial charge in [0.2, 0.25) is 0 Å². The minimum Gasteiger partial charge on any atom is -0.488 e. The van der Waals surface area contributed by atoms with Gasteiger partial charge in [0, 0.05) is 17.7 Å². The lowest BCUT2D eigenvalue weighted by Crippen LogP contribution is -2.54. The summed E-state index contributed by atoms with van der Waals surface area (Å²) in [6.45, 7) is 0.0443. The average Bonchev–Trinajstić information content (AvgIpc) is 2.98. The fourth-order valence-corrected chi connectivity index (χ4v) is 8.13. The Hall–Kier alpha value is -4.79. The van der Waals surface area contributed by atoms with Gasteiger partial charge in [-0.1, -0.05) is 42.5 Å². The van der Waals surface area contributed by atoms with Gasteiger partial charge in [-0.2, -0.15) is 0 Å². The quantitative estimate of drug-likeness (QED) is 0.152. The number of hydrogen-bond donors (Lipinski definition) is 1. The number of imide groups is 2. The van der Waals surface area contributed by atoms with E-state index in [0.29, 0.717) is 22.6 Å². The second-order valence-electron chi connectivity index (χ2n) is 12.5. The first kappa shape index (κ1) is 27.1. The second kappa shape index (κ2) is 10.5. The molecule has 4 aliphatic carbocycles. The van der Waals surface area contributed by atoms with Gasteiger partial charge >= 0.3 is 6.03 Å². The molecule has 43 heavy (non-hydrogen) atoms. The van der Waals surface area contributed by atoms with Gasteiger partial charge in [0.1, 0.15) is 17.9 Å². The fraction of sp³-hybridized carbons (Fsp3) is 0.324. The largest absolute Gasteiger partial charge is 0.488 e. The van der Waals surface area contributed by atoms with Gasteiger partial charge in [-0.25, -0.2) is 9.69 Å². The number of nitrogens with one attached hydrogen (secondary N) is 1. The van der Waals surface area contributed by atoms with Crippen LogP contribution in [0.15, 0.2) is 78.4 Å². The standard InChI is InChI=1S/C34H31N3O6/c38-31-29(16-25-5-1-2-7-30(25)43-20-21-4-3-6-28(15-21)37(41)42)32(39)36(33(40)35-31)27-10-8-26(9-11-27)34-17-22-12-23(18-34)14-24(13-22)19-34/h1-11,15-16,22-24H,12-14,17-20H2,(H,35,38,40)/b29-16+. The number of barbiturate groups is 1. The van der Waals surface area contributed by atoms with Crippen LogP contribution in [0.1, 0.15) is 55.2 Å². The third-order valence-electron chi connectivity index (χ3n) is 9.61. The van der Waals surface area contributed by atoms with Crippen molar-refractivity contribution in [2.24, 2.45) is 17.8 Å². The normalized spacial score (nSPS) is 27.0. The summed E-state index contributed by atoms with van der Waals surface area (Å²) in [6.07, 6.45) is 9.11. The Morgan fingerprint density at radius 2 is 1.58 bits per heavy atom. The van der Waals surface area contributed by atoms with E-state index in [9.17, 15) is 24.5 Å². The van der Waals surface area contributed by atoms with Crippen LogP contribution in [0, 0.1) is 27.9 Å². The Balaban J connectivity index is 1.13. The molecule has 0 radical (unpaired) electrons. The van der Waals surface area contributed by atoms with Crippen LogP contribution >= 0.6 is 0 Å². The van der Waals surface area contributed by atoms with Crippen LogP contribution < -0.4 is 15.0 Å². The van der Waals surface area contributed by atoms with E-state index < -0.39 is 22.8 Å². The van der Waals surface area contributed by atoms with Gasteiger partial charge in [-0.3, -0.25) is 25.0 Å². The van der Waals surface area contributed by atoms with Crippen molar-refractivity contribution in [2.45, 2.75) is 50.5 Å². The smallest absolute Gasteiger partial charge is 0.335 e. The number of benzene rings is 3. The lowest BCUT2D eigenvalue weighted by molar-refractivity contribution is -0.384. The van der Waals surface area contributed by atoms with Crippen molar-refractivity contribution in [3.63, 3.8) is 0 Å². The molecule has 1 N–H and O–H groups in total. The molecule has 8 rings (SSSR count). The van der Waals surface area contributed by atoms with Gasteiger partial charge in [0.15, 0.2) is 0 Å². The van der Waals surface area contributed by atoms with Crippen LogP contribution in [0.4, 0.5) is 16.2 Å². The number of para-hydroxylation sites is 1. The summed E-state index contributed by atoms with van der Waals surface area (Å²) in [4.78, 5) is 51.0. The molecule has 1 aliphatic heterocycles. The van der Waals surface area contributed by atoms with Crippen molar-refractivity contribution in [2.75, 3.05) is 4.90 Å². The number of nitro groups is 1. The summed E-state index contributed by atoms with van der Waals surface area (Å²) >= 11 is 0. The average molecular weight is 578 g/mol. The molecule has 0 unspecified atom stereocenters. The summed E-state index contributed by atoms with van der Waals surface area (Å²) in [6, 6.07) is 19.9. The Bertz CT molecular complexity index is 1640. The minimum atomic E-state index is -0.787. The SMILES string of the molecule is O=C1NC(=O)N(c2ccc(C34CC5CC(CC(C5)C3)C4)cc2)C(=O)/C1=C/c1ccccc1OCc1cccc([N+](=O)[O-])c1. The number of rotatable bonds is 7. The summed E-state index contributed by atoms with van der Waals surface area (Å²) in [5.41, 5.74) is 2.69. The maximum Gasteiger partial charge on any atom is 0.335 e. The predicted molar refractivity (Wildman–Crippen MR) is 159 cm³/mol. The number of hydrogen-bond acceptors (Lipinski definition) is 6. The minimum absolute atomic E-state index is 0.0443. The molecule has 9 nitrogen and oxygen atoms in total. The number of carbonyl (C=O) groups is 3. The zero-order valence-corrected chi connectivity index (χ0v) is 23.5. The number of non-ortho nitro benzene ring substituents is 1. The van der Waals surface area contributed by atoms with E-state index in [1.165, 1.54) is 62.3 Å². The first-order valence-corrected chi connectivity index (χ1v) is 14.8. The molecule has 4 bridgehead atoms. The van der Waals surface area contributed by atoms with Gasteiger partial charge < -0.3 is 4.74 Å². The first-order chi connectivity index (χ1) is 20.8. The summed E-state index contributed by atoms with van der Waals surface area (Å²) in [7, 11) is 0. The highest BCUT2D eigenvalue weighted by Gasteiger charge is 2.51. The highest BCUT2D eigenvalue weighted by Crippen LogP contribution is 2.60. The van der Waals surface area contributed by atoms with Gasteiger partial charge in [-0.05, 0) is 97.1 Å². The first-order valence-electron chi connectivity index (χ1n) is 14.8. The highest BCUT2D eigenvalue weighted by atomic mass is 16.6. The van der Waals surface area contributed by atoms with Crippen molar-refractivity contribution < 1.29 is 24.0 Å². The number of urea groups is 1. The van der Waals surface area contributed by atoms with E-state index >= 15 is 0 Å². The molecular formula is C34H31N3O6. The Kier molecular flexibility index (Phi) is 6.60. The van der Waals surface area contributed by atoms with Gasteiger partial charge in [0.25, 0.3) is 17.5 Å². The summed E-state index contributed by atoms with van der Waals surface area (Å²) in [5.74, 6) is 1.28. The second-order valence-corrected chi connectivity index (χ2v) is 12.5. The summed E-state index contributed by atoms with van der Waals surface area (Å²) in [5, 5.41) is 13.4. The Morgan fingerprint density at radius 3 is 2.26 bits per heavy atom. The molecule has 9 heteroatoms. The number of carbonyl (C=O) groups excluding carboxylic acids is 3. The topological polar surface area (TPSA) is 119 Å². The van der Waals surface area contributed by atoms with Crippen LogP contribution in [0.5, 0.6) is 5.75 Å². The monoisotopic (exact) mass is 577 g/mol. The molecule has 4 saturated carbocycles. The van der Waals surface area contributed by atoms with E-state index in [-0.39, 0.29) is 23.3 Å². The number of nitro benzene ring substituents is 1. The van der Waals surface area contributed by atoms with Crippen molar-refractivity contribution in [1.29, 1.82) is 0 Å². The third-order valence-corrected chi connectivity index (χ3v) is 9.61.